The van der Waals surface area contributed by atoms with Gasteiger partial charge in [-0.15, -0.1) is 0 Å². The maximum absolute atomic E-state index is 14.3. The van der Waals surface area contributed by atoms with E-state index >= 15 is 0 Å². The van der Waals surface area contributed by atoms with Crippen molar-refractivity contribution in [1.82, 2.24) is 4.31 Å². The molecule has 0 bridgehead atoms. The number of amidine groups is 1. The second-order valence-corrected chi connectivity index (χ2v) is 12.4. The van der Waals surface area contributed by atoms with Gasteiger partial charge in [0.25, 0.3) is 15.9 Å². The number of benzene rings is 4. The highest BCUT2D eigenvalue weighted by Gasteiger charge is 2.38. The minimum absolute atomic E-state index is 0.00778. The Hall–Kier alpha value is -5.49. The predicted octanol–water partition coefficient (Wildman–Crippen LogP) is 5.50. The number of aryl methyl sites for hydroxylation is 1. The lowest BCUT2D eigenvalue weighted by Gasteiger charge is -2.30. The predicted molar refractivity (Wildman–Crippen MR) is 178 cm³/mol. The molecule has 1 aliphatic heterocycles. The standard InChI is InChI=1S/C34H33N5O6S/c1-22-19-25(38(2)3)16-17-26(22)35-31(33(40)37-28-20-24(34(41)45-5)15-18-29(28)44-4)32-36-27-13-9-10-14-30(27)46(42,43)39(32)21-23-11-7-6-8-12-23/h6-20H,21H2,1-5H3,(H,37,40)/b35-31-. The Morgan fingerprint density at radius 3 is 2.33 bits per heavy atom. The Balaban J connectivity index is 1.72. The normalized spacial score (nSPS) is 13.7. The first-order chi connectivity index (χ1) is 22.0. The molecule has 12 heteroatoms. The number of amides is 1. The molecule has 236 valence electrons. The van der Waals surface area contributed by atoms with Gasteiger partial charge in [-0.1, -0.05) is 42.5 Å². The third-order valence-corrected chi connectivity index (χ3v) is 9.07. The summed E-state index contributed by atoms with van der Waals surface area (Å²) >= 11 is 0. The lowest BCUT2D eigenvalue weighted by atomic mass is 10.1. The molecule has 5 rings (SSSR count). The van der Waals surface area contributed by atoms with E-state index in [9.17, 15) is 18.0 Å². The fourth-order valence-electron chi connectivity index (χ4n) is 4.85. The van der Waals surface area contributed by atoms with Crippen LogP contribution in [-0.4, -0.2) is 64.5 Å². The van der Waals surface area contributed by atoms with E-state index in [1.165, 1.54) is 38.5 Å². The number of hydrogen-bond donors (Lipinski definition) is 1. The van der Waals surface area contributed by atoms with Crippen LogP contribution in [0.4, 0.5) is 22.7 Å². The number of nitrogens with zero attached hydrogens (tertiary/aromatic N) is 4. The van der Waals surface area contributed by atoms with E-state index in [4.69, 9.17) is 19.5 Å². The molecule has 1 heterocycles. The van der Waals surface area contributed by atoms with Gasteiger partial charge in [0.05, 0.1) is 43.4 Å². The van der Waals surface area contributed by atoms with Crippen molar-refractivity contribution in [3.8, 4) is 5.75 Å². The van der Waals surface area contributed by atoms with E-state index in [1.54, 1.807) is 48.5 Å². The number of nitrogens with one attached hydrogen (secondary N) is 1. The Morgan fingerprint density at radius 1 is 0.935 bits per heavy atom. The highest BCUT2D eigenvalue weighted by atomic mass is 32.2. The van der Waals surface area contributed by atoms with Crippen LogP contribution < -0.4 is 15.0 Å². The minimum atomic E-state index is -4.19. The first-order valence-electron chi connectivity index (χ1n) is 14.2. The average Bonchev–Trinajstić information content (AvgIpc) is 3.05. The second-order valence-electron chi connectivity index (χ2n) is 10.6. The molecule has 1 amide bonds. The third kappa shape index (κ3) is 6.47. The van der Waals surface area contributed by atoms with E-state index in [0.717, 1.165) is 15.6 Å². The number of aliphatic imine (C=N–C) groups is 2. The summed E-state index contributed by atoms with van der Waals surface area (Å²) in [6.45, 7) is 1.74. The summed E-state index contributed by atoms with van der Waals surface area (Å²) in [4.78, 5) is 38.0. The number of methoxy groups -OCH3 is 2. The molecule has 0 spiro atoms. The molecule has 46 heavy (non-hydrogen) atoms. The average molecular weight is 640 g/mol. The molecule has 0 unspecified atom stereocenters. The summed E-state index contributed by atoms with van der Waals surface area (Å²) in [7, 11) is 2.30. The Labute approximate surface area is 267 Å². The third-order valence-electron chi connectivity index (χ3n) is 7.29. The molecule has 0 fully saturated rings. The molecule has 0 atom stereocenters. The number of esters is 1. The molecule has 0 aliphatic carbocycles. The van der Waals surface area contributed by atoms with Crippen molar-refractivity contribution in [2.24, 2.45) is 9.98 Å². The molecule has 0 radical (unpaired) electrons. The topological polar surface area (TPSA) is 130 Å². The fourth-order valence-corrected chi connectivity index (χ4v) is 6.39. The zero-order chi connectivity index (χ0) is 33.0. The van der Waals surface area contributed by atoms with Crippen LogP contribution in [0.2, 0.25) is 0 Å². The second kappa shape index (κ2) is 13.2. The van der Waals surface area contributed by atoms with Gasteiger partial charge in [-0.05, 0) is 66.6 Å². The molecule has 4 aromatic rings. The van der Waals surface area contributed by atoms with Crippen LogP contribution in [0.15, 0.2) is 106 Å². The van der Waals surface area contributed by atoms with E-state index < -0.39 is 21.9 Å². The first kappa shape index (κ1) is 31.9. The maximum Gasteiger partial charge on any atom is 0.337 e. The van der Waals surface area contributed by atoms with Gasteiger partial charge >= 0.3 is 5.97 Å². The number of ether oxygens (including phenoxy) is 2. The van der Waals surface area contributed by atoms with E-state index in [1.807, 2.05) is 44.1 Å². The van der Waals surface area contributed by atoms with E-state index in [2.05, 4.69) is 5.32 Å². The van der Waals surface area contributed by atoms with Gasteiger partial charge in [0.15, 0.2) is 11.5 Å². The van der Waals surface area contributed by atoms with Gasteiger partial charge < -0.3 is 19.7 Å². The summed E-state index contributed by atoms with van der Waals surface area (Å²) in [5.41, 5.74) is 3.01. The summed E-state index contributed by atoms with van der Waals surface area (Å²) in [5, 5.41) is 2.77. The number of sulfonamides is 1. The van der Waals surface area contributed by atoms with Crippen LogP contribution in [-0.2, 0) is 26.1 Å². The Kier molecular flexibility index (Phi) is 9.19. The maximum atomic E-state index is 14.3. The van der Waals surface area contributed by atoms with Gasteiger partial charge in [0.1, 0.15) is 10.6 Å². The lowest BCUT2D eigenvalue weighted by Crippen LogP contribution is -2.46. The Bertz CT molecular complexity index is 1970. The SMILES string of the molecule is COC(=O)c1ccc(OC)c(NC(=O)/C(=N\c2ccc(N(C)C)cc2C)C2=Nc3ccccc3S(=O)(=O)N2Cc2ccccc2)c1. The van der Waals surface area contributed by atoms with Gasteiger partial charge in [-0.3, -0.25) is 4.79 Å². The van der Waals surface area contributed by atoms with E-state index in [-0.39, 0.29) is 45.7 Å². The smallest absolute Gasteiger partial charge is 0.337 e. The molecular weight excluding hydrogens is 606 g/mol. The number of rotatable bonds is 9. The van der Waals surface area contributed by atoms with Crippen LogP contribution in [0.5, 0.6) is 5.75 Å². The molecule has 1 aliphatic rings. The molecular formula is C34H33N5O6S. The van der Waals surface area contributed by atoms with Gasteiger partial charge in [0.2, 0.25) is 0 Å². The van der Waals surface area contributed by atoms with Gasteiger partial charge in [0, 0.05) is 19.8 Å². The molecule has 1 N–H and O–H groups in total. The summed E-state index contributed by atoms with van der Waals surface area (Å²) in [6, 6.07) is 25.3. The number of carbonyl (C=O) groups excluding carboxylic acids is 2. The first-order valence-corrected chi connectivity index (χ1v) is 15.7. The van der Waals surface area contributed by atoms with Gasteiger partial charge in [-0.25, -0.2) is 27.5 Å². The molecule has 4 aromatic carbocycles. The number of fused-ring (bicyclic) bond motifs is 1. The summed E-state index contributed by atoms with van der Waals surface area (Å²) in [5.74, 6) is -1.30. The molecule has 11 nitrogen and oxygen atoms in total. The summed E-state index contributed by atoms with van der Waals surface area (Å²) < 4.78 is 39.7. The van der Waals surface area contributed by atoms with Crippen LogP contribution in [0, 0.1) is 6.92 Å². The quantitative estimate of drug-likeness (QED) is 0.189. The van der Waals surface area contributed by atoms with Crippen LogP contribution in [0.25, 0.3) is 0 Å². The van der Waals surface area contributed by atoms with Crippen molar-refractivity contribution in [3.05, 3.63) is 108 Å². The minimum Gasteiger partial charge on any atom is -0.495 e. The Morgan fingerprint density at radius 2 is 1.65 bits per heavy atom. The number of para-hydroxylation sites is 1. The van der Waals surface area contributed by atoms with Crippen molar-refractivity contribution in [3.63, 3.8) is 0 Å². The van der Waals surface area contributed by atoms with E-state index in [0.29, 0.717) is 11.3 Å². The van der Waals surface area contributed by atoms with Crippen molar-refractivity contribution in [2.75, 3.05) is 38.5 Å². The van der Waals surface area contributed by atoms with Crippen molar-refractivity contribution in [1.29, 1.82) is 0 Å². The van der Waals surface area contributed by atoms with Crippen molar-refractivity contribution in [2.45, 2.75) is 18.4 Å². The highest BCUT2D eigenvalue weighted by molar-refractivity contribution is 7.90. The van der Waals surface area contributed by atoms with Gasteiger partial charge in [-0.2, -0.15) is 0 Å². The fraction of sp³-hybridized carbons (Fsp3) is 0.176. The molecule has 0 aromatic heterocycles. The highest BCUT2D eigenvalue weighted by Crippen LogP contribution is 2.35. The largest absolute Gasteiger partial charge is 0.495 e. The van der Waals surface area contributed by atoms with Crippen LogP contribution in [0.1, 0.15) is 21.5 Å². The monoisotopic (exact) mass is 639 g/mol. The summed E-state index contributed by atoms with van der Waals surface area (Å²) in [6.07, 6.45) is 0. The van der Waals surface area contributed by atoms with Crippen molar-refractivity contribution < 1.29 is 27.5 Å². The molecule has 0 saturated heterocycles. The number of hydrogen-bond acceptors (Lipinski definition) is 9. The van der Waals surface area contributed by atoms with Crippen LogP contribution >= 0.6 is 0 Å². The number of carbonyl (C=O) groups is 2. The van der Waals surface area contributed by atoms with Crippen LogP contribution in [0.3, 0.4) is 0 Å². The lowest BCUT2D eigenvalue weighted by molar-refractivity contribution is -0.110. The van der Waals surface area contributed by atoms with Crippen molar-refractivity contribution >= 4 is 56.2 Å². The molecule has 0 saturated carbocycles. The number of anilines is 2. The zero-order valence-electron chi connectivity index (χ0n) is 26.0. The zero-order valence-corrected chi connectivity index (χ0v) is 26.8.